The Balaban J connectivity index is 2.38. The van der Waals surface area contributed by atoms with E-state index >= 15 is 0 Å². The maximum absolute atomic E-state index is 6.90. The normalized spacial score (nSPS) is 11.8. The van der Waals surface area contributed by atoms with E-state index in [1.165, 1.54) is 32.3 Å². The Labute approximate surface area is 158 Å². The van der Waals surface area contributed by atoms with E-state index in [1.54, 1.807) is 0 Å². The quantitative estimate of drug-likeness (QED) is 0.493. The lowest BCUT2D eigenvalue weighted by Gasteiger charge is -2.35. The van der Waals surface area contributed by atoms with E-state index in [-0.39, 0.29) is 6.10 Å². The van der Waals surface area contributed by atoms with Crippen molar-refractivity contribution in [1.82, 2.24) is 0 Å². The minimum Gasteiger partial charge on any atom is -0.402 e. The lowest BCUT2D eigenvalue weighted by molar-refractivity contribution is 0.245. The molecule has 0 saturated carbocycles. The minimum atomic E-state index is -2.58. The first-order valence-corrected chi connectivity index (χ1v) is 11.2. The second-order valence-corrected chi connectivity index (χ2v) is 10.8. The topological polar surface area (TPSA) is 9.23 Å². The zero-order valence-electron chi connectivity index (χ0n) is 16.4. The molecular weight excluding hydrogens is 332 g/mol. The van der Waals surface area contributed by atoms with E-state index < -0.39 is 8.32 Å². The van der Waals surface area contributed by atoms with Gasteiger partial charge in [-0.25, -0.2) is 0 Å². The molecule has 0 radical (unpaired) electrons. The van der Waals surface area contributed by atoms with Gasteiger partial charge in [0, 0.05) is 6.10 Å². The van der Waals surface area contributed by atoms with Gasteiger partial charge >= 0.3 is 0 Å². The van der Waals surface area contributed by atoms with Gasteiger partial charge in [-0.1, -0.05) is 89.5 Å². The molecule has 26 heavy (non-hydrogen) atoms. The van der Waals surface area contributed by atoms with Crippen LogP contribution in [0.5, 0.6) is 0 Å². The molecule has 0 N–H and O–H groups in total. The Kier molecular flexibility index (Phi) is 5.45. The zero-order valence-corrected chi connectivity index (χ0v) is 17.4. The molecular formula is C24H28OSi. The summed E-state index contributed by atoms with van der Waals surface area (Å²) in [6.07, 6.45) is 0.142. The fourth-order valence-corrected chi connectivity index (χ4v) is 8.05. The third-order valence-corrected chi connectivity index (χ3v) is 8.88. The number of hydrogen-bond donors (Lipinski definition) is 0. The molecule has 0 aliphatic heterocycles. The van der Waals surface area contributed by atoms with Gasteiger partial charge in [0.1, 0.15) is 0 Å². The van der Waals surface area contributed by atoms with Crippen LogP contribution >= 0.6 is 0 Å². The Morgan fingerprint density at radius 2 is 0.962 bits per heavy atom. The summed E-state index contributed by atoms with van der Waals surface area (Å²) < 4.78 is 6.90. The van der Waals surface area contributed by atoms with Crippen molar-refractivity contribution in [2.45, 2.75) is 40.7 Å². The monoisotopic (exact) mass is 360 g/mol. The lowest BCUT2D eigenvalue weighted by Crippen LogP contribution is -2.70. The molecule has 0 fully saturated rings. The first-order chi connectivity index (χ1) is 12.4. The first kappa shape index (κ1) is 18.6. The smallest absolute Gasteiger partial charge is 0.288 e. The molecule has 3 aromatic rings. The van der Waals surface area contributed by atoms with Crippen molar-refractivity contribution in [3.8, 4) is 0 Å². The molecule has 0 unspecified atom stereocenters. The van der Waals surface area contributed by atoms with Crippen molar-refractivity contribution in [2.24, 2.45) is 0 Å². The summed E-state index contributed by atoms with van der Waals surface area (Å²) in [6.45, 7) is 10.8. The zero-order chi connectivity index (χ0) is 18.7. The van der Waals surface area contributed by atoms with Gasteiger partial charge in [-0.3, -0.25) is 0 Å². The van der Waals surface area contributed by atoms with Crippen LogP contribution in [-0.4, -0.2) is 14.4 Å². The summed E-state index contributed by atoms with van der Waals surface area (Å²) in [5, 5.41) is 3.92. The van der Waals surface area contributed by atoms with E-state index in [2.05, 4.69) is 107 Å². The van der Waals surface area contributed by atoms with Crippen LogP contribution in [0.3, 0.4) is 0 Å². The van der Waals surface area contributed by atoms with Gasteiger partial charge in [-0.15, -0.1) is 0 Å². The molecule has 134 valence electrons. The van der Waals surface area contributed by atoms with Gasteiger partial charge < -0.3 is 4.43 Å². The van der Waals surface area contributed by atoms with Gasteiger partial charge in [0.25, 0.3) is 8.32 Å². The second kappa shape index (κ2) is 7.61. The Hall–Kier alpha value is -2.16. The summed E-state index contributed by atoms with van der Waals surface area (Å²) in [4.78, 5) is 0. The van der Waals surface area contributed by atoms with Gasteiger partial charge in [-0.05, 0) is 50.2 Å². The Morgan fingerprint density at radius 1 is 0.615 bits per heavy atom. The molecule has 0 bridgehead atoms. The highest BCUT2D eigenvalue weighted by molar-refractivity contribution is 7.07. The highest BCUT2D eigenvalue weighted by Gasteiger charge is 2.43. The van der Waals surface area contributed by atoms with Crippen LogP contribution in [0.2, 0.25) is 0 Å². The van der Waals surface area contributed by atoms with Crippen molar-refractivity contribution in [3.63, 3.8) is 0 Å². The molecule has 0 spiro atoms. The predicted molar refractivity (Wildman–Crippen MR) is 114 cm³/mol. The van der Waals surface area contributed by atoms with Crippen LogP contribution in [0.1, 0.15) is 30.5 Å². The molecule has 0 saturated heterocycles. The fourth-order valence-electron chi connectivity index (χ4n) is 3.65. The van der Waals surface area contributed by atoms with Crippen LogP contribution < -0.4 is 15.6 Å². The van der Waals surface area contributed by atoms with Crippen LogP contribution in [0, 0.1) is 20.8 Å². The molecule has 2 heteroatoms. The summed E-state index contributed by atoms with van der Waals surface area (Å²) in [5.74, 6) is 0. The number of benzene rings is 3. The van der Waals surface area contributed by atoms with Gasteiger partial charge in [-0.2, -0.15) is 0 Å². The maximum atomic E-state index is 6.90. The maximum Gasteiger partial charge on any atom is 0.288 e. The minimum absolute atomic E-state index is 0.142. The van der Waals surface area contributed by atoms with E-state index in [9.17, 15) is 0 Å². The molecule has 3 aromatic carbocycles. The third kappa shape index (κ3) is 3.67. The SMILES string of the molecule is Cc1cccc([Si](OC(C)C)(c2cccc(C)c2)c2cccc(C)c2)c1. The van der Waals surface area contributed by atoms with Crippen LogP contribution in [-0.2, 0) is 4.43 Å². The van der Waals surface area contributed by atoms with Gasteiger partial charge in [0.05, 0.1) is 0 Å². The summed E-state index contributed by atoms with van der Waals surface area (Å²) >= 11 is 0. The fraction of sp³-hybridized carbons (Fsp3) is 0.250. The standard InChI is InChI=1S/C24H28OSi/c1-18(2)25-26(22-12-6-9-19(3)15-22,23-13-7-10-20(4)16-23)24-14-8-11-21(5)17-24/h6-18H,1-5H3. The van der Waals surface area contributed by atoms with Crippen LogP contribution in [0.4, 0.5) is 0 Å². The molecule has 1 nitrogen and oxygen atoms in total. The number of rotatable bonds is 5. The van der Waals surface area contributed by atoms with Gasteiger partial charge in [0.15, 0.2) is 0 Å². The van der Waals surface area contributed by atoms with Crippen molar-refractivity contribution < 1.29 is 4.43 Å². The van der Waals surface area contributed by atoms with Crippen molar-refractivity contribution in [2.75, 3.05) is 0 Å². The number of aryl methyl sites for hydroxylation is 3. The average Bonchev–Trinajstić information content (AvgIpc) is 2.59. The molecule has 3 rings (SSSR count). The van der Waals surface area contributed by atoms with Crippen molar-refractivity contribution in [3.05, 3.63) is 89.5 Å². The molecule has 0 aliphatic rings. The predicted octanol–water partition coefficient (Wildman–Crippen LogP) is 4.00. The lowest BCUT2D eigenvalue weighted by atomic mass is 10.2. The number of hydrogen-bond acceptors (Lipinski definition) is 1. The van der Waals surface area contributed by atoms with E-state index in [1.807, 2.05) is 0 Å². The second-order valence-electron chi connectivity index (χ2n) is 7.46. The van der Waals surface area contributed by atoms with E-state index in [0.717, 1.165) is 0 Å². The summed E-state index contributed by atoms with van der Waals surface area (Å²) in [5.41, 5.74) is 3.81. The highest BCUT2D eigenvalue weighted by atomic mass is 28.4. The first-order valence-electron chi connectivity index (χ1n) is 9.31. The average molecular weight is 361 g/mol. The summed E-state index contributed by atoms with van der Waals surface area (Å²) in [7, 11) is -2.58. The largest absolute Gasteiger partial charge is 0.402 e. The molecule has 0 aromatic heterocycles. The Bertz CT molecular complexity index is 787. The third-order valence-electron chi connectivity index (χ3n) is 4.69. The summed E-state index contributed by atoms with van der Waals surface area (Å²) in [6, 6.07) is 26.6. The van der Waals surface area contributed by atoms with Crippen LogP contribution in [0.15, 0.2) is 72.8 Å². The molecule has 0 atom stereocenters. The van der Waals surface area contributed by atoms with Gasteiger partial charge in [0.2, 0.25) is 0 Å². The van der Waals surface area contributed by atoms with Crippen LogP contribution in [0.25, 0.3) is 0 Å². The van der Waals surface area contributed by atoms with E-state index in [0.29, 0.717) is 0 Å². The highest BCUT2D eigenvalue weighted by Crippen LogP contribution is 2.14. The van der Waals surface area contributed by atoms with E-state index in [4.69, 9.17) is 4.43 Å². The molecule has 0 amide bonds. The Morgan fingerprint density at radius 3 is 1.23 bits per heavy atom. The van der Waals surface area contributed by atoms with Crippen molar-refractivity contribution >= 4 is 23.9 Å². The molecule has 0 heterocycles. The molecule has 0 aliphatic carbocycles. The van der Waals surface area contributed by atoms with Crippen molar-refractivity contribution in [1.29, 1.82) is 0 Å².